The minimum absolute atomic E-state index is 0.246. The van der Waals surface area contributed by atoms with Crippen molar-refractivity contribution in [2.24, 2.45) is 0 Å². The number of carbonyl (C=O) groups excluding carboxylic acids is 1. The lowest BCUT2D eigenvalue weighted by Gasteiger charge is -2.08. The molecule has 3 nitrogen and oxygen atoms in total. The number of hydrogen-bond donors (Lipinski definition) is 1. The Morgan fingerprint density at radius 3 is 2.60 bits per heavy atom. The number of rotatable bonds is 2. The number of carbonyl (C=O) groups is 1. The Morgan fingerprint density at radius 2 is 1.80 bits per heavy atom. The quantitative estimate of drug-likeness (QED) is 0.769. The normalized spacial score (nSPS) is 10.4. The standard InChI is InChI=1S/C16H11FN2O/c17-13-9-10-18-15-12(13)7-4-8-14(15)19-16(20)11-5-2-1-3-6-11/h1-10H,(H,19,20). The molecule has 20 heavy (non-hydrogen) atoms. The zero-order valence-electron chi connectivity index (χ0n) is 10.5. The molecule has 0 spiro atoms. The highest BCUT2D eigenvalue weighted by molar-refractivity contribution is 6.08. The molecule has 0 aliphatic heterocycles. The molecule has 3 aromatic rings. The summed E-state index contributed by atoms with van der Waals surface area (Å²) in [5, 5.41) is 3.15. The molecule has 0 aliphatic carbocycles. The van der Waals surface area contributed by atoms with E-state index >= 15 is 0 Å². The lowest BCUT2D eigenvalue weighted by atomic mass is 10.1. The van der Waals surface area contributed by atoms with Gasteiger partial charge in [-0.25, -0.2) is 4.39 Å². The Hall–Kier alpha value is -2.75. The number of anilines is 1. The molecule has 0 bridgehead atoms. The summed E-state index contributed by atoms with van der Waals surface area (Å²) in [6.07, 6.45) is 1.38. The van der Waals surface area contributed by atoms with E-state index in [1.165, 1.54) is 12.3 Å². The third kappa shape index (κ3) is 2.23. The molecule has 1 heterocycles. The van der Waals surface area contributed by atoms with Crippen LogP contribution in [0.15, 0.2) is 60.8 Å². The third-order valence-electron chi connectivity index (χ3n) is 3.00. The van der Waals surface area contributed by atoms with E-state index in [-0.39, 0.29) is 11.7 Å². The van der Waals surface area contributed by atoms with Crippen molar-refractivity contribution in [3.05, 3.63) is 72.2 Å². The first kappa shape index (κ1) is 12.3. The predicted octanol–water partition coefficient (Wildman–Crippen LogP) is 3.63. The van der Waals surface area contributed by atoms with Gasteiger partial charge in [-0.1, -0.05) is 24.3 Å². The first-order valence-corrected chi connectivity index (χ1v) is 6.15. The third-order valence-corrected chi connectivity index (χ3v) is 3.00. The highest BCUT2D eigenvalue weighted by Crippen LogP contribution is 2.23. The number of nitrogens with zero attached hydrogens (tertiary/aromatic N) is 1. The summed E-state index contributed by atoms with van der Waals surface area (Å²) >= 11 is 0. The fraction of sp³-hybridized carbons (Fsp3) is 0. The van der Waals surface area contributed by atoms with Crippen molar-refractivity contribution in [2.45, 2.75) is 0 Å². The fourth-order valence-electron chi connectivity index (χ4n) is 2.03. The van der Waals surface area contributed by atoms with E-state index in [4.69, 9.17) is 0 Å². The molecule has 0 unspecified atom stereocenters. The van der Waals surface area contributed by atoms with Crippen molar-refractivity contribution in [1.29, 1.82) is 0 Å². The van der Waals surface area contributed by atoms with Gasteiger partial charge in [-0.05, 0) is 30.3 Å². The van der Waals surface area contributed by atoms with Gasteiger partial charge in [-0.2, -0.15) is 0 Å². The van der Waals surface area contributed by atoms with Crippen LogP contribution in [0.25, 0.3) is 10.9 Å². The molecule has 0 atom stereocenters. The van der Waals surface area contributed by atoms with Gasteiger partial charge in [0, 0.05) is 17.1 Å². The van der Waals surface area contributed by atoms with Gasteiger partial charge < -0.3 is 5.32 Å². The Balaban J connectivity index is 2.00. The fourth-order valence-corrected chi connectivity index (χ4v) is 2.03. The van der Waals surface area contributed by atoms with Crippen LogP contribution in [0, 0.1) is 5.82 Å². The zero-order chi connectivity index (χ0) is 13.9. The minimum Gasteiger partial charge on any atom is -0.320 e. The van der Waals surface area contributed by atoms with E-state index in [1.54, 1.807) is 42.5 Å². The molecule has 3 rings (SSSR count). The second kappa shape index (κ2) is 5.09. The molecule has 98 valence electrons. The van der Waals surface area contributed by atoms with E-state index in [0.717, 1.165) is 0 Å². The number of hydrogen-bond acceptors (Lipinski definition) is 2. The highest BCUT2D eigenvalue weighted by Gasteiger charge is 2.10. The summed E-state index contributed by atoms with van der Waals surface area (Å²) in [6, 6.07) is 15.2. The van der Waals surface area contributed by atoms with Crippen LogP contribution in [0.4, 0.5) is 10.1 Å². The largest absolute Gasteiger partial charge is 0.320 e. The molecule has 1 amide bonds. The van der Waals surface area contributed by atoms with Crippen molar-refractivity contribution in [3.63, 3.8) is 0 Å². The summed E-state index contributed by atoms with van der Waals surface area (Å²) in [5.74, 6) is -0.602. The number of pyridine rings is 1. The maximum Gasteiger partial charge on any atom is 0.255 e. The molecule has 2 aromatic carbocycles. The predicted molar refractivity (Wildman–Crippen MR) is 76.1 cm³/mol. The average molecular weight is 266 g/mol. The number of halogens is 1. The van der Waals surface area contributed by atoms with Crippen molar-refractivity contribution in [3.8, 4) is 0 Å². The van der Waals surface area contributed by atoms with Gasteiger partial charge in [0.25, 0.3) is 5.91 Å². The minimum atomic E-state index is -0.356. The lowest BCUT2D eigenvalue weighted by Crippen LogP contribution is -2.12. The van der Waals surface area contributed by atoms with Crippen LogP contribution in [0.1, 0.15) is 10.4 Å². The van der Waals surface area contributed by atoms with Crippen molar-refractivity contribution >= 4 is 22.5 Å². The van der Waals surface area contributed by atoms with Crippen LogP contribution in [-0.2, 0) is 0 Å². The van der Waals surface area contributed by atoms with Crippen molar-refractivity contribution < 1.29 is 9.18 Å². The SMILES string of the molecule is O=C(Nc1cccc2c(F)ccnc12)c1ccccc1. The number of para-hydroxylation sites is 1. The van der Waals surface area contributed by atoms with Crippen LogP contribution >= 0.6 is 0 Å². The zero-order valence-corrected chi connectivity index (χ0v) is 10.5. The Kier molecular flexibility index (Phi) is 3.13. The molecular formula is C16H11FN2O. The van der Waals surface area contributed by atoms with E-state index in [2.05, 4.69) is 10.3 Å². The van der Waals surface area contributed by atoms with Gasteiger partial charge in [0.05, 0.1) is 11.2 Å². The number of fused-ring (bicyclic) bond motifs is 1. The second-order valence-corrected chi connectivity index (χ2v) is 4.31. The summed E-state index contributed by atoms with van der Waals surface area (Å²) < 4.78 is 13.7. The van der Waals surface area contributed by atoms with E-state index in [1.807, 2.05) is 6.07 Å². The first-order valence-electron chi connectivity index (χ1n) is 6.15. The maximum absolute atomic E-state index is 13.7. The van der Waals surface area contributed by atoms with Gasteiger partial charge in [0.15, 0.2) is 0 Å². The van der Waals surface area contributed by atoms with E-state index in [9.17, 15) is 9.18 Å². The van der Waals surface area contributed by atoms with Crippen molar-refractivity contribution in [1.82, 2.24) is 4.98 Å². The maximum atomic E-state index is 13.7. The first-order chi connectivity index (χ1) is 9.75. The average Bonchev–Trinajstić information content (AvgIpc) is 2.49. The van der Waals surface area contributed by atoms with Gasteiger partial charge in [-0.3, -0.25) is 9.78 Å². The van der Waals surface area contributed by atoms with E-state index < -0.39 is 0 Å². The molecule has 0 aliphatic rings. The molecule has 0 saturated heterocycles. The summed E-state index contributed by atoms with van der Waals surface area (Å²) in [5.41, 5.74) is 1.48. The molecule has 0 fully saturated rings. The van der Waals surface area contributed by atoms with Crippen LogP contribution in [-0.4, -0.2) is 10.9 Å². The number of aromatic nitrogens is 1. The molecule has 0 saturated carbocycles. The highest BCUT2D eigenvalue weighted by atomic mass is 19.1. The number of benzene rings is 2. The van der Waals surface area contributed by atoms with Gasteiger partial charge in [-0.15, -0.1) is 0 Å². The van der Waals surface area contributed by atoms with Gasteiger partial charge in [0.1, 0.15) is 5.82 Å². The molecular weight excluding hydrogens is 255 g/mol. The summed E-state index contributed by atoms with van der Waals surface area (Å²) in [6.45, 7) is 0. The van der Waals surface area contributed by atoms with Gasteiger partial charge in [0.2, 0.25) is 0 Å². The monoisotopic (exact) mass is 266 g/mol. The molecule has 1 aromatic heterocycles. The van der Waals surface area contributed by atoms with Crippen LogP contribution < -0.4 is 5.32 Å². The van der Waals surface area contributed by atoms with Crippen LogP contribution in [0.3, 0.4) is 0 Å². The topological polar surface area (TPSA) is 42.0 Å². The lowest BCUT2D eigenvalue weighted by molar-refractivity contribution is 0.102. The molecule has 1 N–H and O–H groups in total. The number of nitrogens with one attached hydrogen (secondary N) is 1. The summed E-state index contributed by atoms with van der Waals surface area (Å²) in [7, 11) is 0. The molecule has 4 heteroatoms. The summed E-state index contributed by atoms with van der Waals surface area (Å²) in [4.78, 5) is 16.2. The van der Waals surface area contributed by atoms with Crippen molar-refractivity contribution in [2.75, 3.05) is 5.32 Å². The Labute approximate surface area is 115 Å². The van der Waals surface area contributed by atoms with Gasteiger partial charge >= 0.3 is 0 Å². The Bertz CT molecular complexity index is 772. The Morgan fingerprint density at radius 1 is 1.00 bits per heavy atom. The van der Waals surface area contributed by atoms with Crippen LogP contribution in [0.5, 0.6) is 0 Å². The van der Waals surface area contributed by atoms with E-state index in [0.29, 0.717) is 22.2 Å². The smallest absolute Gasteiger partial charge is 0.255 e. The molecule has 0 radical (unpaired) electrons. The van der Waals surface area contributed by atoms with Crippen LogP contribution in [0.2, 0.25) is 0 Å². The number of amides is 1. The second-order valence-electron chi connectivity index (χ2n) is 4.31.